The van der Waals surface area contributed by atoms with E-state index in [4.69, 9.17) is 10.5 Å². The fourth-order valence-corrected chi connectivity index (χ4v) is 2.93. The van der Waals surface area contributed by atoms with E-state index in [9.17, 15) is 4.79 Å². The summed E-state index contributed by atoms with van der Waals surface area (Å²) in [6.45, 7) is 0.700. The highest BCUT2D eigenvalue weighted by Gasteiger charge is 2.23. The molecule has 3 rings (SSSR count). The van der Waals surface area contributed by atoms with E-state index in [1.165, 1.54) is 10.9 Å². The van der Waals surface area contributed by atoms with Gasteiger partial charge in [-0.1, -0.05) is 0 Å². The first kappa shape index (κ1) is 12.7. The van der Waals surface area contributed by atoms with Gasteiger partial charge in [-0.05, 0) is 30.2 Å². The third-order valence-corrected chi connectivity index (χ3v) is 3.79. The predicted octanol–water partition coefficient (Wildman–Crippen LogP) is 1.41. The van der Waals surface area contributed by atoms with E-state index in [0.29, 0.717) is 6.54 Å². The summed E-state index contributed by atoms with van der Waals surface area (Å²) >= 11 is 0. The first-order valence-electron chi connectivity index (χ1n) is 6.59. The van der Waals surface area contributed by atoms with Gasteiger partial charge in [0, 0.05) is 24.5 Å². The molecule has 1 amide bonds. The van der Waals surface area contributed by atoms with Crippen molar-refractivity contribution in [3.8, 4) is 5.75 Å². The zero-order chi connectivity index (χ0) is 14.3. The second kappa shape index (κ2) is 4.67. The monoisotopic (exact) mass is 271 g/mol. The number of primary amides is 1. The highest BCUT2D eigenvalue weighted by molar-refractivity contribution is 6.13. The molecule has 1 aliphatic rings. The van der Waals surface area contributed by atoms with Crippen molar-refractivity contribution in [1.82, 2.24) is 4.57 Å². The first-order chi connectivity index (χ1) is 9.61. The third-order valence-electron chi connectivity index (χ3n) is 3.79. The van der Waals surface area contributed by atoms with Crippen LogP contribution >= 0.6 is 0 Å². The van der Waals surface area contributed by atoms with Crippen molar-refractivity contribution in [2.24, 2.45) is 17.8 Å². The number of aliphatic imine (C=N–C) groups is 1. The molecule has 0 saturated heterocycles. The van der Waals surface area contributed by atoms with Crippen LogP contribution in [0, 0.1) is 0 Å². The number of ether oxygens (including phenoxy) is 1. The van der Waals surface area contributed by atoms with Crippen molar-refractivity contribution in [2.75, 3.05) is 13.7 Å². The second-order valence-electron chi connectivity index (χ2n) is 4.99. The maximum atomic E-state index is 11.2. The number of hydrogen-bond donors (Lipinski definition) is 1. The van der Waals surface area contributed by atoms with Gasteiger partial charge >= 0.3 is 0 Å². The minimum Gasteiger partial charge on any atom is -0.497 e. The molecule has 0 atom stereocenters. The number of nitrogens with two attached hydrogens (primary N) is 1. The number of rotatable bonds is 3. The summed E-state index contributed by atoms with van der Waals surface area (Å²) in [5, 5.41) is 1.17. The first-order valence-corrected chi connectivity index (χ1v) is 6.59. The Morgan fingerprint density at radius 2 is 2.30 bits per heavy atom. The second-order valence-corrected chi connectivity index (χ2v) is 4.99. The third kappa shape index (κ3) is 1.86. The molecule has 1 aromatic heterocycles. The zero-order valence-electron chi connectivity index (χ0n) is 11.6. The normalized spacial score (nSPS) is 14.0. The maximum Gasteiger partial charge on any atom is 0.223 e. The largest absolute Gasteiger partial charge is 0.497 e. The summed E-state index contributed by atoms with van der Waals surface area (Å²) in [4.78, 5) is 15.7. The van der Waals surface area contributed by atoms with E-state index in [-0.39, 0.29) is 12.3 Å². The highest BCUT2D eigenvalue weighted by Crippen LogP contribution is 2.32. The molecule has 0 radical (unpaired) electrons. The lowest BCUT2D eigenvalue weighted by Gasteiger charge is -2.14. The average molecular weight is 271 g/mol. The van der Waals surface area contributed by atoms with Crippen LogP contribution in [0.4, 0.5) is 0 Å². The summed E-state index contributed by atoms with van der Waals surface area (Å²) in [7, 11) is 3.66. The lowest BCUT2D eigenvalue weighted by molar-refractivity contribution is -0.116. The van der Waals surface area contributed by atoms with Crippen molar-refractivity contribution in [3.05, 3.63) is 29.5 Å². The molecule has 2 N–H and O–H groups in total. The molecule has 0 saturated carbocycles. The van der Waals surface area contributed by atoms with Crippen molar-refractivity contribution in [3.63, 3.8) is 0 Å². The summed E-state index contributed by atoms with van der Waals surface area (Å²) in [5.41, 5.74) is 9.49. The van der Waals surface area contributed by atoms with Gasteiger partial charge in [0.15, 0.2) is 0 Å². The van der Waals surface area contributed by atoms with E-state index in [1.807, 2.05) is 25.2 Å². The Bertz CT molecular complexity index is 728. The molecule has 0 aliphatic carbocycles. The molecule has 5 nitrogen and oxygen atoms in total. The van der Waals surface area contributed by atoms with Crippen LogP contribution in [0.2, 0.25) is 0 Å². The number of carbonyl (C=O) groups is 1. The smallest absolute Gasteiger partial charge is 0.223 e. The van der Waals surface area contributed by atoms with Crippen LogP contribution in [0.25, 0.3) is 10.9 Å². The topological polar surface area (TPSA) is 69.6 Å². The number of methoxy groups -OCH3 is 1. The molecule has 0 unspecified atom stereocenters. The number of aryl methyl sites for hydroxylation is 1. The van der Waals surface area contributed by atoms with E-state index in [2.05, 4.69) is 9.56 Å². The summed E-state index contributed by atoms with van der Waals surface area (Å²) in [6.07, 6.45) is 1.07. The minimum atomic E-state index is -0.348. The van der Waals surface area contributed by atoms with E-state index in [1.54, 1.807) is 7.11 Å². The Balaban J connectivity index is 2.23. The number of amides is 1. The summed E-state index contributed by atoms with van der Waals surface area (Å²) < 4.78 is 7.39. The Labute approximate surface area is 117 Å². The van der Waals surface area contributed by atoms with Gasteiger partial charge in [0.25, 0.3) is 0 Å². The van der Waals surface area contributed by atoms with E-state index in [0.717, 1.165) is 29.1 Å². The predicted molar refractivity (Wildman–Crippen MR) is 78.4 cm³/mol. The molecule has 1 aromatic carbocycles. The number of hydrogen-bond acceptors (Lipinski definition) is 3. The van der Waals surface area contributed by atoms with Gasteiger partial charge in [-0.3, -0.25) is 9.79 Å². The van der Waals surface area contributed by atoms with Crippen molar-refractivity contribution in [1.29, 1.82) is 0 Å². The average Bonchev–Trinajstić information content (AvgIpc) is 2.72. The fourth-order valence-electron chi connectivity index (χ4n) is 2.93. The number of carbonyl (C=O) groups excluding carboxylic acids is 1. The number of nitrogens with zero attached hydrogens (tertiary/aromatic N) is 2. The quantitative estimate of drug-likeness (QED) is 0.917. The highest BCUT2D eigenvalue weighted by atomic mass is 16.5. The molecule has 20 heavy (non-hydrogen) atoms. The Morgan fingerprint density at radius 3 is 3.00 bits per heavy atom. The van der Waals surface area contributed by atoms with Gasteiger partial charge in [-0.25, -0.2) is 0 Å². The van der Waals surface area contributed by atoms with Crippen LogP contribution in [0.15, 0.2) is 23.2 Å². The Kier molecular flexibility index (Phi) is 2.97. The van der Waals surface area contributed by atoms with Crippen molar-refractivity contribution >= 4 is 22.5 Å². The van der Waals surface area contributed by atoms with Crippen LogP contribution < -0.4 is 10.5 Å². The molecule has 1 aliphatic heterocycles. The number of aromatic nitrogens is 1. The lowest BCUT2D eigenvalue weighted by Crippen LogP contribution is -2.22. The van der Waals surface area contributed by atoms with Gasteiger partial charge in [-0.2, -0.15) is 0 Å². The van der Waals surface area contributed by atoms with Crippen LogP contribution in [0.3, 0.4) is 0 Å². The van der Waals surface area contributed by atoms with E-state index < -0.39 is 0 Å². The standard InChI is InChI=1S/C15H17N3O2/c1-18-13-4-3-9(20-2)7-11(13)10-5-6-17-12(15(10)18)8-14(16)19/h3-4,7H,5-6,8H2,1-2H3,(H2,16,19). The minimum absolute atomic E-state index is 0.189. The zero-order valence-corrected chi connectivity index (χ0v) is 11.6. The van der Waals surface area contributed by atoms with Crippen LogP contribution in [-0.4, -0.2) is 29.8 Å². The number of fused-ring (bicyclic) bond motifs is 3. The molecule has 5 heteroatoms. The van der Waals surface area contributed by atoms with Gasteiger partial charge in [0.05, 0.1) is 24.9 Å². The molecule has 104 valence electrons. The van der Waals surface area contributed by atoms with Crippen molar-refractivity contribution in [2.45, 2.75) is 12.8 Å². The van der Waals surface area contributed by atoms with Gasteiger partial charge in [-0.15, -0.1) is 0 Å². The molecule has 2 heterocycles. The molecule has 2 aromatic rings. The molecule has 0 bridgehead atoms. The van der Waals surface area contributed by atoms with Crippen LogP contribution in [0.5, 0.6) is 5.75 Å². The van der Waals surface area contributed by atoms with Gasteiger partial charge < -0.3 is 15.0 Å². The SMILES string of the molecule is COc1ccc2c(c1)c1c(n2C)C(CC(N)=O)=NCC1. The Hall–Kier alpha value is -2.30. The molecule has 0 spiro atoms. The Morgan fingerprint density at radius 1 is 1.50 bits per heavy atom. The fraction of sp³-hybridized carbons (Fsp3) is 0.333. The van der Waals surface area contributed by atoms with Crippen molar-refractivity contribution < 1.29 is 9.53 Å². The van der Waals surface area contributed by atoms with Gasteiger partial charge in [0.1, 0.15) is 5.75 Å². The van der Waals surface area contributed by atoms with E-state index >= 15 is 0 Å². The molecular formula is C15H17N3O2. The molecule has 0 fully saturated rings. The van der Waals surface area contributed by atoms with Gasteiger partial charge in [0.2, 0.25) is 5.91 Å². The summed E-state index contributed by atoms with van der Waals surface area (Å²) in [5.74, 6) is 0.490. The van der Waals surface area contributed by atoms with Crippen LogP contribution in [-0.2, 0) is 18.3 Å². The maximum absolute atomic E-state index is 11.2. The number of benzene rings is 1. The lowest BCUT2D eigenvalue weighted by atomic mass is 10.0. The van der Waals surface area contributed by atoms with Crippen LogP contribution in [0.1, 0.15) is 17.7 Å². The molecular weight excluding hydrogens is 254 g/mol. The summed E-state index contributed by atoms with van der Waals surface area (Å²) in [6, 6.07) is 6.02.